The average Bonchev–Trinajstić information content (AvgIpc) is 2.99. The summed E-state index contributed by atoms with van der Waals surface area (Å²) < 4.78 is 27.4. The lowest BCUT2D eigenvalue weighted by atomic mass is 10.0. The lowest BCUT2D eigenvalue weighted by Crippen LogP contribution is -2.20. The van der Waals surface area contributed by atoms with E-state index in [0.29, 0.717) is 11.1 Å². The van der Waals surface area contributed by atoms with Gasteiger partial charge in [-0.1, -0.05) is 6.07 Å². The van der Waals surface area contributed by atoms with E-state index in [2.05, 4.69) is 6.07 Å². The number of halogens is 2. The molecule has 2 aromatic rings. The third kappa shape index (κ3) is 2.59. The van der Waals surface area contributed by atoms with E-state index in [-0.39, 0.29) is 6.04 Å². The summed E-state index contributed by atoms with van der Waals surface area (Å²) in [6.45, 7) is 1.96. The van der Waals surface area contributed by atoms with E-state index in [1.165, 1.54) is 6.07 Å². The predicted octanol–water partition coefficient (Wildman–Crippen LogP) is 4.34. The number of rotatable bonds is 2. The molecule has 2 nitrogen and oxygen atoms in total. The highest BCUT2D eigenvalue weighted by molar-refractivity contribution is 5.55. The zero-order valence-electron chi connectivity index (χ0n) is 11.3. The van der Waals surface area contributed by atoms with Crippen LogP contribution in [-0.4, -0.2) is 0 Å². The largest absolute Gasteiger partial charge is 0.359 e. The van der Waals surface area contributed by atoms with Crippen LogP contribution in [0.5, 0.6) is 0 Å². The quantitative estimate of drug-likeness (QED) is 0.819. The maximum Gasteiger partial charge on any atom is 0.128 e. The van der Waals surface area contributed by atoms with Crippen molar-refractivity contribution >= 4 is 5.69 Å². The van der Waals surface area contributed by atoms with Gasteiger partial charge in [-0.05, 0) is 49.2 Å². The highest BCUT2D eigenvalue weighted by Gasteiger charge is 2.29. The van der Waals surface area contributed by atoms with Gasteiger partial charge in [-0.3, -0.25) is 0 Å². The molecule has 0 amide bonds. The molecule has 1 heterocycles. The first-order chi connectivity index (χ1) is 10.2. The maximum atomic E-state index is 14.0. The Labute approximate surface area is 122 Å². The van der Waals surface area contributed by atoms with Crippen molar-refractivity contribution in [1.82, 2.24) is 0 Å². The third-order valence-corrected chi connectivity index (χ3v) is 3.69. The highest BCUT2D eigenvalue weighted by Crippen LogP contribution is 2.39. The van der Waals surface area contributed by atoms with Crippen LogP contribution in [0.25, 0.3) is 0 Å². The van der Waals surface area contributed by atoms with Gasteiger partial charge in [0.2, 0.25) is 0 Å². The minimum absolute atomic E-state index is 0.241. The van der Waals surface area contributed by atoms with Gasteiger partial charge in [-0.15, -0.1) is 0 Å². The van der Waals surface area contributed by atoms with Gasteiger partial charge in [0.15, 0.2) is 0 Å². The summed E-state index contributed by atoms with van der Waals surface area (Å²) in [6.07, 6.45) is 1.51. The Bertz CT molecular complexity index is 706. The predicted molar refractivity (Wildman–Crippen MR) is 76.3 cm³/mol. The molecule has 0 aromatic heterocycles. The zero-order chi connectivity index (χ0) is 14.8. The van der Waals surface area contributed by atoms with Gasteiger partial charge >= 0.3 is 0 Å². The summed E-state index contributed by atoms with van der Waals surface area (Å²) in [6, 6.07) is 12.5. The summed E-state index contributed by atoms with van der Waals surface area (Å²) in [5.74, 6) is -0.845. The van der Waals surface area contributed by atoms with Crippen LogP contribution in [0, 0.1) is 29.5 Å². The molecule has 0 saturated carbocycles. The monoisotopic (exact) mass is 283 g/mol. The second-order valence-corrected chi connectivity index (χ2v) is 5.01. The molecule has 1 radical (unpaired) electrons. The second kappa shape index (κ2) is 5.53. The first-order valence-corrected chi connectivity index (χ1v) is 6.76. The number of nitriles is 1. The number of hydrogen-bond donors (Lipinski definition) is 0. The summed E-state index contributed by atoms with van der Waals surface area (Å²) in [5, 5.41) is 8.98. The van der Waals surface area contributed by atoms with Crippen molar-refractivity contribution in [3.05, 3.63) is 71.8 Å². The topological polar surface area (TPSA) is 27.0 Å². The Kier molecular flexibility index (Phi) is 3.57. The fourth-order valence-electron chi connectivity index (χ4n) is 2.73. The van der Waals surface area contributed by atoms with Gasteiger partial charge in [-0.2, -0.15) is 5.26 Å². The normalized spacial score (nSPS) is 17.8. The van der Waals surface area contributed by atoms with Crippen molar-refractivity contribution in [2.45, 2.75) is 18.9 Å². The average molecular weight is 283 g/mol. The van der Waals surface area contributed by atoms with Crippen LogP contribution in [0.2, 0.25) is 0 Å². The van der Waals surface area contributed by atoms with Crippen molar-refractivity contribution in [3.63, 3.8) is 0 Å². The van der Waals surface area contributed by atoms with Crippen LogP contribution in [0.3, 0.4) is 0 Å². The SMILES string of the molecule is N#Cc1cccc(N2[CH]CC[C@@H]2c2cc(F)ccc2F)c1. The Morgan fingerprint density at radius 2 is 2.00 bits per heavy atom. The molecule has 1 saturated heterocycles. The van der Waals surface area contributed by atoms with Crippen molar-refractivity contribution in [2.24, 2.45) is 0 Å². The number of benzene rings is 2. The van der Waals surface area contributed by atoms with Crippen LogP contribution in [0.4, 0.5) is 14.5 Å². The van der Waals surface area contributed by atoms with Gasteiger partial charge in [0, 0.05) is 11.3 Å². The van der Waals surface area contributed by atoms with Gasteiger partial charge in [-0.25, -0.2) is 8.78 Å². The summed E-state index contributed by atoms with van der Waals surface area (Å²) >= 11 is 0. The minimum atomic E-state index is -0.441. The molecule has 0 unspecified atom stereocenters. The molecule has 1 aliphatic rings. The summed E-state index contributed by atoms with van der Waals surface area (Å²) in [5.41, 5.74) is 1.72. The molecule has 4 heteroatoms. The summed E-state index contributed by atoms with van der Waals surface area (Å²) in [7, 11) is 0. The van der Waals surface area contributed by atoms with Crippen LogP contribution in [0.1, 0.15) is 30.0 Å². The maximum absolute atomic E-state index is 14.0. The molecular formula is C17H13F2N2. The molecule has 0 bridgehead atoms. The Morgan fingerprint density at radius 3 is 2.81 bits per heavy atom. The lowest BCUT2D eigenvalue weighted by Gasteiger charge is -2.27. The van der Waals surface area contributed by atoms with E-state index in [1.54, 1.807) is 18.2 Å². The van der Waals surface area contributed by atoms with Crippen molar-refractivity contribution in [1.29, 1.82) is 5.26 Å². The molecule has 1 atom stereocenters. The van der Waals surface area contributed by atoms with Crippen LogP contribution < -0.4 is 4.90 Å². The number of anilines is 1. The molecule has 3 rings (SSSR count). The molecular weight excluding hydrogens is 270 g/mol. The van der Waals surface area contributed by atoms with Crippen molar-refractivity contribution in [2.75, 3.05) is 4.90 Å². The van der Waals surface area contributed by atoms with E-state index < -0.39 is 11.6 Å². The molecule has 21 heavy (non-hydrogen) atoms. The fourth-order valence-corrected chi connectivity index (χ4v) is 2.73. The van der Waals surface area contributed by atoms with E-state index in [4.69, 9.17) is 5.26 Å². The first kappa shape index (κ1) is 13.6. The van der Waals surface area contributed by atoms with E-state index in [1.807, 2.05) is 17.5 Å². The highest BCUT2D eigenvalue weighted by atomic mass is 19.1. The minimum Gasteiger partial charge on any atom is -0.359 e. The van der Waals surface area contributed by atoms with Crippen LogP contribution in [-0.2, 0) is 0 Å². The zero-order valence-corrected chi connectivity index (χ0v) is 11.3. The molecule has 1 fully saturated rings. The summed E-state index contributed by atoms with van der Waals surface area (Å²) in [4.78, 5) is 1.92. The third-order valence-electron chi connectivity index (χ3n) is 3.69. The Balaban J connectivity index is 1.99. The standard InChI is InChI=1S/C17H13F2N2/c18-13-6-7-16(19)15(10-13)17-5-2-8-21(17)14-4-1-3-12(9-14)11-20/h1,3-4,6-10,17H,2,5H2/t17-/m1/s1. The number of hydrogen-bond acceptors (Lipinski definition) is 2. The molecule has 1 aliphatic heterocycles. The van der Waals surface area contributed by atoms with Crippen LogP contribution in [0.15, 0.2) is 42.5 Å². The van der Waals surface area contributed by atoms with E-state index in [9.17, 15) is 8.78 Å². The Hall–Kier alpha value is -2.41. The fraction of sp³-hybridized carbons (Fsp3) is 0.176. The van der Waals surface area contributed by atoms with Crippen molar-refractivity contribution < 1.29 is 8.78 Å². The first-order valence-electron chi connectivity index (χ1n) is 6.76. The van der Waals surface area contributed by atoms with Gasteiger partial charge < -0.3 is 4.90 Å². The second-order valence-electron chi connectivity index (χ2n) is 5.01. The van der Waals surface area contributed by atoms with E-state index >= 15 is 0 Å². The molecule has 105 valence electrons. The molecule has 0 aliphatic carbocycles. The van der Waals surface area contributed by atoms with Gasteiger partial charge in [0.25, 0.3) is 0 Å². The number of nitrogens with zero attached hydrogens (tertiary/aromatic N) is 2. The van der Waals surface area contributed by atoms with Gasteiger partial charge in [0.05, 0.1) is 24.2 Å². The lowest BCUT2D eigenvalue weighted by molar-refractivity contribution is 0.562. The molecule has 2 aromatic carbocycles. The smallest absolute Gasteiger partial charge is 0.128 e. The molecule has 0 spiro atoms. The van der Waals surface area contributed by atoms with Crippen molar-refractivity contribution in [3.8, 4) is 6.07 Å². The van der Waals surface area contributed by atoms with Gasteiger partial charge in [0.1, 0.15) is 11.6 Å². The Morgan fingerprint density at radius 1 is 1.14 bits per heavy atom. The van der Waals surface area contributed by atoms with Crippen LogP contribution >= 0.6 is 0 Å². The molecule has 0 N–H and O–H groups in total. The van der Waals surface area contributed by atoms with E-state index in [0.717, 1.165) is 30.7 Å².